The van der Waals surface area contributed by atoms with Gasteiger partial charge in [-0.25, -0.2) is 14.2 Å². The van der Waals surface area contributed by atoms with Gasteiger partial charge in [-0.2, -0.15) is 0 Å². The normalized spacial score (nSPS) is 12.5. The minimum atomic E-state index is -1.25. The number of rotatable bonds is 5. The molecule has 0 saturated carbocycles. The zero-order valence-corrected chi connectivity index (χ0v) is 10.1. The van der Waals surface area contributed by atoms with E-state index in [0.717, 1.165) is 18.7 Å². The molecule has 1 atom stereocenters. The number of halogens is 1. The van der Waals surface area contributed by atoms with Crippen molar-refractivity contribution >= 4 is 5.97 Å². The van der Waals surface area contributed by atoms with Crippen LogP contribution in [0.4, 0.5) is 4.39 Å². The van der Waals surface area contributed by atoms with Crippen molar-refractivity contribution in [2.45, 2.75) is 33.3 Å². The Morgan fingerprint density at radius 2 is 2.18 bits per heavy atom. The Balaban J connectivity index is 2.86. The van der Waals surface area contributed by atoms with Gasteiger partial charge in [0.05, 0.1) is 12.3 Å². The van der Waals surface area contributed by atoms with Gasteiger partial charge in [-0.1, -0.05) is 13.8 Å². The van der Waals surface area contributed by atoms with E-state index in [9.17, 15) is 9.18 Å². The summed E-state index contributed by atoms with van der Waals surface area (Å²) in [7, 11) is 0. The number of hydrogen-bond acceptors (Lipinski definition) is 3. The molecule has 5 heteroatoms. The molecular formula is C12H16FNO3. The van der Waals surface area contributed by atoms with Crippen molar-refractivity contribution in [2.75, 3.05) is 0 Å². The zero-order chi connectivity index (χ0) is 13.0. The van der Waals surface area contributed by atoms with Crippen LogP contribution in [0.15, 0.2) is 12.3 Å². The van der Waals surface area contributed by atoms with Crippen LogP contribution in [0.25, 0.3) is 0 Å². The minimum Gasteiger partial charge on any atom is -0.477 e. The standard InChI is InChI=1S/C12H16FNO3/c1-7(2)4-8(3)17-11-10(12(15)16)5-9(13)6-14-11/h5-8H,4H2,1-3H3,(H,15,16). The molecule has 0 bridgehead atoms. The molecule has 1 aromatic rings. The Kier molecular flexibility index (Phi) is 4.43. The fraction of sp³-hybridized carbons (Fsp3) is 0.500. The highest BCUT2D eigenvalue weighted by Gasteiger charge is 2.17. The lowest BCUT2D eigenvalue weighted by atomic mass is 10.1. The Morgan fingerprint density at radius 3 is 2.71 bits per heavy atom. The van der Waals surface area contributed by atoms with E-state index < -0.39 is 11.8 Å². The predicted octanol–water partition coefficient (Wildman–Crippen LogP) is 2.73. The van der Waals surface area contributed by atoms with Crippen molar-refractivity contribution in [3.05, 3.63) is 23.6 Å². The summed E-state index contributed by atoms with van der Waals surface area (Å²) < 4.78 is 18.3. The molecule has 1 aromatic heterocycles. The molecule has 0 aromatic carbocycles. The summed E-state index contributed by atoms with van der Waals surface area (Å²) in [6.45, 7) is 5.91. The number of pyridine rings is 1. The van der Waals surface area contributed by atoms with Gasteiger partial charge in [0.2, 0.25) is 5.88 Å². The topological polar surface area (TPSA) is 59.4 Å². The smallest absolute Gasteiger partial charge is 0.341 e. The van der Waals surface area contributed by atoms with E-state index in [1.54, 1.807) is 0 Å². The number of carboxylic acid groups (broad SMARTS) is 1. The van der Waals surface area contributed by atoms with E-state index in [2.05, 4.69) is 4.98 Å². The van der Waals surface area contributed by atoms with Gasteiger partial charge >= 0.3 is 5.97 Å². The molecule has 0 amide bonds. The van der Waals surface area contributed by atoms with Crippen molar-refractivity contribution in [3.8, 4) is 5.88 Å². The molecule has 1 heterocycles. The lowest BCUT2D eigenvalue weighted by Crippen LogP contribution is -2.17. The van der Waals surface area contributed by atoms with Crippen LogP contribution in [-0.4, -0.2) is 22.2 Å². The van der Waals surface area contributed by atoms with Crippen molar-refractivity contribution in [3.63, 3.8) is 0 Å². The van der Waals surface area contributed by atoms with Gasteiger partial charge < -0.3 is 9.84 Å². The molecule has 0 aliphatic carbocycles. The first-order valence-corrected chi connectivity index (χ1v) is 5.45. The molecule has 0 aliphatic heterocycles. The number of carbonyl (C=O) groups is 1. The molecule has 94 valence electrons. The van der Waals surface area contributed by atoms with Crippen molar-refractivity contribution < 1.29 is 19.0 Å². The summed E-state index contributed by atoms with van der Waals surface area (Å²) in [6, 6.07) is 0.909. The molecule has 0 spiro atoms. The van der Waals surface area contributed by atoms with Crippen LogP contribution in [0.5, 0.6) is 5.88 Å². The SMILES string of the molecule is CC(C)CC(C)Oc1ncc(F)cc1C(=O)O. The third kappa shape index (κ3) is 4.01. The summed E-state index contributed by atoms with van der Waals surface area (Å²) in [4.78, 5) is 14.6. The lowest BCUT2D eigenvalue weighted by Gasteiger charge is -2.16. The molecule has 0 fully saturated rings. The Hall–Kier alpha value is -1.65. The van der Waals surface area contributed by atoms with Crippen LogP contribution >= 0.6 is 0 Å². The average Bonchev–Trinajstić information content (AvgIpc) is 2.19. The Morgan fingerprint density at radius 1 is 1.53 bits per heavy atom. The molecule has 0 saturated heterocycles. The third-order valence-electron chi connectivity index (χ3n) is 2.16. The molecule has 1 rings (SSSR count). The summed E-state index contributed by atoms with van der Waals surface area (Å²) in [5, 5.41) is 8.90. The minimum absolute atomic E-state index is 0.0351. The van der Waals surface area contributed by atoms with E-state index in [0.29, 0.717) is 5.92 Å². The maximum Gasteiger partial charge on any atom is 0.341 e. The fourth-order valence-corrected chi connectivity index (χ4v) is 1.58. The first-order chi connectivity index (χ1) is 7.90. The monoisotopic (exact) mass is 241 g/mol. The second-order valence-corrected chi connectivity index (χ2v) is 4.37. The third-order valence-corrected chi connectivity index (χ3v) is 2.16. The van der Waals surface area contributed by atoms with Gasteiger partial charge in [0.1, 0.15) is 11.4 Å². The quantitative estimate of drug-likeness (QED) is 0.861. The van der Waals surface area contributed by atoms with Gasteiger partial charge in [0.15, 0.2) is 0 Å². The molecule has 0 aliphatic rings. The Labute approximate surface area is 99.4 Å². The van der Waals surface area contributed by atoms with Crippen LogP contribution in [0, 0.1) is 11.7 Å². The van der Waals surface area contributed by atoms with E-state index in [1.807, 2.05) is 20.8 Å². The van der Waals surface area contributed by atoms with Gasteiger partial charge in [-0.3, -0.25) is 0 Å². The van der Waals surface area contributed by atoms with Crippen LogP contribution < -0.4 is 4.74 Å². The summed E-state index contributed by atoms with van der Waals surface area (Å²) in [6.07, 6.45) is 1.56. The number of nitrogens with zero attached hydrogens (tertiary/aromatic N) is 1. The van der Waals surface area contributed by atoms with Crippen LogP contribution in [-0.2, 0) is 0 Å². The second kappa shape index (κ2) is 5.61. The molecule has 1 N–H and O–H groups in total. The maximum atomic E-state index is 12.9. The average molecular weight is 241 g/mol. The number of carboxylic acids is 1. The number of aromatic carboxylic acids is 1. The highest BCUT2D eigenvalue weighted by molar-refractivity contribution is 5.90. The van der Waals surface area contributed by atoms with E-state index in [1.165, 1.54) is 0 Å². The van der Waals surface area contributed by atoms with Gasteiger partial charge in [-0.15, -0.1) is 0 Å². The summed E-state index contributed by atoms with van der Waals surface area (Å²) in [5.74, 6) is -1.54. The van der Waals surface area contributed by atoms with Crippen LogP contribution in [0.1, 0.15) is 37.6 Å². The number of aromatic nitrogens is 1. The molecule has 17 heavy (non-hydrogen) atoms. The largest absolute Gasteiger partial charge is 0.477 e. The van der Waals surface area contributed by atoms with Gasteiger partial charge in [0, 0.05) is 0 Å². The van der Waals surface area contributed by atoms with Crippen LogP contribution in [0.2, 0.25) is 0 Å². The van der Waals surface area contributed by atoms with Crippen molar-refractivity contribution in [1.29, 1.82) is 0 Å². The van der Waals surface area contributed by atoms with Gasteiger partial charge in [0.25, 0.3) is 0 Å². The summed E-state index contributed by atoms with van der Waals surface area (Å²) in [5.41, 5.74) is -0.249. The highest BCUT2D eigenvalue weighted by atomic mass is 19.1. The molecular weight excluding hydrogens is 225 g/mol. The fourth-order valence-electron chi connectivity index (χ4n) is 1.58. The number of ether oxygens (including phenoxy) is 1. The van der Waals surface area contributed by atoms with Crippen LogP contribution in [0.3, 0.4) is 0 Å². The molecule has 4 nitrogen and oxygen atoms in total. The first-order valence-electron chi connectivity index (χ1n) is 5.45. The summed E-state index contributed by atoms with van der Waals surface area (Å²) >= 11 is 0. The zero-order valence-electron chi connectivity index (χ0n) is 10.1. The van der Waals surface area contributed by atoms with Crippen molar-refractivity contribution in [1.82, 2.24) is 4.98 Å². The van der Waals surface area contributed by atoms with E-state index in [4.69, 9.17) is 9.84 Å². The maximum absolute atomic E-state index is 12.9. The number of hydrogen-bond donors (Lipinski definition) is 1. The molecule has 0 radical (unpaired) electrons. The lowest BCUT2D eigenvalue weighted by molar-refractivity contribution is 0.0686. The molecule has 1 unspecified atom stereocenters. The van der Waals surface area contributed by atoms with Gasteiger partial charge in [-0.05, 0) is 25.3 Å². The predicted molar refractivity (Wildman–Crippen MR) is 60.7 cm³/mol. The van der Waals surface area contributed by atoms with E-state index in [-0.39, 0.29) is 17.5 Å². The second-order valence-electron chi connectivity index (χ2n) is 4.37. The van der Waals surface area contributed by atoms with E-state index >= 15 is 0 Å². The Bertz CT molecular complexity index is 407. The van der Waals surface area contributed by atoms with Crippen molar-refractivity contribution in [2.24, 2.45) is 5.92 Å². The first kappa shape index (κ1) is 13.4. The highest BCUT2D eigenvalue weighted by Crippen LogP contribution is 2.19.